The molecule has 0 amide bonds. The zero-order valence-corrected chi connectivity index (χ0v) is 12.0. The molecule has 0 saturated heterocycles. The van der Waals surface area contributed by atoms with E-state index in [-0.39, 0.29) is 0 Å². The topological polar surface area (TPSA) is 25.2 Å². The van der Waals surface area contributed by atoms with E-state index in [1.165, 1.54) is 32.1 Å². The van der Waals surface area contributed by atoms with Crippen LogP contribution < -0.4 is 5.32 Å². The molecular formula is C13H20INO. The summed E-state index contributed by atoms with van der Waals surface area (Å²) in [7, 11) is 0. The fourth-order valence-electron chi connectivity index (χ4n) is 2.51. The molecule has 1 saturated carbocycles. The van der Waals surface area contributed by atoms with Gasteiger partial charge in [0.2, 0.25) is 0 Å². The molecule has 1 aliphatic rings. The van der Waals surface area contributed by atoms with Gasteiger partial charge in [-0.25, -0.2) is 0 Å². The summed E-state index contributed by atoms with van der Waals surface area (Å²) in [5.74, 6) is 1.91. The van der Waals surface area contributed by atoms with Crippen molar-refractivity contribution in [3.63, 3.8) is 0 Å². The lowest BCUT2D eigenvalue weighted by Crippen LogP contribution is -2.34. The Labute approximate surface area is 111 Å². The first kappa shape index (κ1) is 12.4. The van der Waals surface area contributed by atoms with E-state index in [1.54, 1.807) is 0 Å². The van der Waals surface area contributed by atoms with Crippen molar-refractivity contribution in [2.75, 3.05) is 0 Å². The van der Waals surface area contributed by atoms with Crippen molar-refractivity contribution in [3.8, 4) is 0 Å². The first-order chi connectivity index (χ1) is 7.75. The molecule has 1 N–H and O–H groups in total. The van der Waals surface area contributed by atoms with Gasteiger partial charge in [0.15, 0.2) is 3.77 Å². The summed E-state index contributed by atoms with van der Waals surface area (Å²) in [6, 6.07) is 4.69. The highest BCUT2D eigenvalue weighted by atomic mass is 127. The van der Waals surface area contributed by atoms with Crippen LogP contribution in [0, 0.1) is 9.68 Å². The van der Waals surface area contributed by atoms with Gasteiger partial charge in [-0.05, 0) is 60.4 Å². The molecule has 0 spiro atoms. The average Bonchev–Trinajstić information content (AvgIpc) is 2.73. The second-order valence-electron chi connectivity index (χ2n) is 4.77. The fraction of sp³-hybridized carbons (Fsp3) is 0.692. The second kappa shape index (κ2) is 6.05. The van der Waals surface area contributed by atoms with Gasteiger partial charge in [-0.2, -0.15) is 0 Å². The van der Waals surface area contributed by atoms with E-state index in [4.69, 9.17) is 4.42 Å². The smallest absolute Gasteiger partial charge is 0.164 e. The quantitative estimate of drug-likeness (QED) is 0.845. The van der Waals surface area contributed by atoms with Crippen molar-refractivity contribution in [2.24, 2.45) is 5.92 Å². The zero-order valence-electron chi connectivity index (χ0n) is 9.84. The highest BCUT2D eigenvalue weighted by molar-refractivity contribution is 14.1. The molecule has 0 aromatic carbocycles. The van der Waals surface area contributed by atoms with Crippen LogP contribution in [0.1, 0.15) is 44.8 Å². The van der Waals surface area contributed by atoms with E-state index < -0.39 is 0 Å². The molecular weight excluding hydrogens is 313 g/mol. The van der Waals surface area contributed by atoms with Crippen LogP contribution in [0.3, 0.4) is 0 Å². The van der Waals surface area contributed by atoms with Crippen LogP contribution in [0.5, 0.6) is 0 Å². The summed E-state index contributed by atoms with van der Waals surface area (Å²) in [6.45, 7) is 3.17. The maximum atomic E-state index is 5.55. The Kier molecular flexibility index (Phi) is 4.70. The van der Waals surface area contributed by atoms with E-state index in [1.807, 2.05) is 6.07 Å². The molecule has 1 aromatic heterocycles. The minimum Gasteiger partial charge on any atom is -0.454 e. The molecule has 16 heavy (non-hydrogen) atoms. The van der Waals surface area contributed by atoms with Crippen LogP contribution in [0.2, 0.25) is 0 Å². The molecule has 1 aromatic rings. The molecule has 1 unspecified atom stereocenters. The van der Waals surface area contributed by atoms with Gasteiger partial charge in [-0.3, -0.25) is 0 Å². The Morgan fingerprint density at radius 1 is 1.38 bits per heavy atom. The third-order valence-electron chi connectivity index (χ3n) is 3.58. The number of nitrogens with one attached hydrogen (secondary N) is 1. The van der Waals surface area contributed by atoms with Gasteiger partial charge in [0.25, 0.3) is 0 Å². The predicted octanol–water partition coefficient (Wildman–Crippen LogP) is 3.94. The Balaban J connectivity index is 1.76. The Morgan fingerprint density at radius 2 is 2.12 bits per heavy atom. The van der Waals surface area contributed by atoms with Crippen LogP contribution in [-0.2, 0) is 6.54 Å². The van der Waals surface area contributed by atoms with Gasteiger partial charge in [0.1, 0.15) is 5.76 Å². The van der Waals surface area contributed by atoms with E-state index in [0.29, 0.717) is 6.04 Å². The highest BCUT2D eigenvalue weighted by Crippen LogP contribution is 2.26. The normalized spacial score (nSPS) is 19.9. The van der Waals surface area contributed by atoms with E-state index in [0.717, 1.165) is 22.0 Å². The monoisotopic (exact) mass is 333 g/mol. The summed E-state index contributed by atoms with van der Waals surface area (Å²) in [5.41, 5.74) is 0. The predicted molar refractivity (Wildman–Crippen MR) is 74.3 cm³/mol. The summed E-state index contributed by atoms with van der Waals surface area (Å²) in [4.78, 5) is 0. The third kappa shape index (κ3) is 3.48. The minimum atomic E-state index is 0.614. The van der Waals surface area contributed by atoms with E-state index in [2.05, 4.69) is 40.9 Å². The van der Waals surface area contributed by atoms with Gasteiger partial charge in [-0.1, -0.05) is 19.3 Å². The summed E-state index contributed by atoms with van der Waals surface area (Å²) >= 11 is 2.21. The van der Waals surface area contributed by atoms with Crippen molar-refractivity contribution in [1.29, 1.82) is 0 Å². The number of rotatable bonds is 4. The van der Waals surface area contributed by atoms with Crippen molar-refractivity contribution in [3.05, 3.63) is 21.7 Å². The Hall–Kier alpha value is -0.0300. The highest BCUT2D eigenvalue weighted by Gasteiger charge is 2.19. The first-order valence-electron chi connectivity index (χ1n) is 6.23. The lowest BCUT2D eigenvalue weighted by molar-refractivity contribution is 0.275. The van der Waals surface area contributed by atoms with Crippen molar-refractivity contribution in [1.82, 2.24) is 5.32 Å². The molecule has 2 rings (SSSR count). The molecule has 0 bridgehead atoms. The number of halogens is 1. The Morgan fingerprint density at radius 3 is 2.75 bits per heavy atom. The lowest BCUT2D eigenvalue weighted by atomic mass is 9.84. The second-order valence-corrected chi connectivity index (χ2v) is 5.84. The molecule has 0 radical (unpaired) electrons. The molecule has 1 fully saturated rings. The molecule has 1 aliphatic carbocycles. The summed E-state index contributed by atoms with van der Waals surface area (Å²) in [6.07, 6.45) is 7.04. The van der Waals surface area contributed by atoms with Gasteiger partial charge >= 0.3 is 0 Å². The standard InChI is InChI=1S/C13H20INO/c1-10(11-5-3-2-4-6-11)15-9-12-7-8-13(14)16-12/h7-8,10-11,15H,2-6,9H2,1H3. The van der Waals surface area contributed by atoms with Gasteiger partial charge < -0.3 is 9.73 Å². The average molecular weight is 333 g/mol. The molecule has 2 nitrogen and oxygen atoms in total. The number of furan rings is 1. The summed E-state index contributed by atoms with van der Waals surface area (Å²) < 4.78 is 6.52. The molecule has 1 atom stereocenters. The van der Waals surface area contributed by atoms with Gasteiger partial charge in [-0.15, -0.1) is 0 Å². The van der Waals surface area contributed by atoms with Crippen LogP contribution >= 0.6 is 22.6 Å². The molecule has 3 heteroatoms. The lowest BCUT2D eigenvalue weighted by Gasteiger charge is -2.28. The van der Waals surface area contributed by atoms with E-state index >= 15 is 0 Å². The van der Waals surface area contributed by atoms with Crippen molar-refractivity contribution >= 4 is 22.6 Å². The van der Waals surface area contributed by atoms with Gasteiger partial charge in [0.05, 0.1) is 6.54 Å². The van der Waals surface area contributed by atoms with Crippen LogP contribution in [0.25, 0.3) is 0 Å². The maximum absolute atomic E-state index is 5.55. The SMILES string of the molecule is CC(NCc1ccc(I)o1)C1CCCCC1. The van der Waals surface area contributed by atoms with E-state index in [9.17, 15) is 0 Å². The van der Waals surface area contributed by atoms with Gasteiger partial charge in [0, 0.05) is 6.04 Å². The third-order valence-corrected chi connectivity index (χ3v) is 4.16. The Bertz CT molecular complexity index is 317. The largest absolute Gasteiger partial charge is 0.454 e. The summed E-state index contributed by atoms with van der Waals surface area (Å²) in [5, 5.41) is 3.58. The number of hydrogen-bond donors (Lipinski definition) is 1. The first-order valence-corrected chi connectivity index (χ1v) is 7.31. The zero-order chi connectivity index (χ0) is 11.4. The van der Waals surface area contributed by atoms with Crippen molar-refractivity contribution in [2.45, 2.75) is 51.6 Å². The molecule has 90 valence electrons. The molecule has 1 heterocycles. The van der Waals surface area contributed by atoms with Crippen LogP contribution in [0.15, 0.2) is 16.5 Å². The van der Waals surface area contributed by atoms with Crippen LogP contribution in [-0.4, -0.2) is 6.04 Å². The number of hydrogen-bond acceptors (Lipinski definition) is 2. The van der Waals surface area contributed by atoms with Crippen LogP contribution in [0.4, 0.5) is 0 Å². The minimum absolute atomic E-state index is 0.614. The fourth-order valence-corrected chi connectivity index (χ4v) is 2.97. The van der Waals surface area contributed by atoms with Crippen molar-refractivity contribution < 1.29 is 4.42 Å². The maximum Gasteiger partial charge on any atom is 0.164 e. The molecule has 0 aliphatic heterocycles.